The summed E-state index contributed by atoms with van der Waals surface area (Å²) in [6.07, 6.45) is 9.54. The van der Waals surface area contributed by atoms with Crippen molar-refractivity contribution in [3.8, 4) is 17.2 Å². The second-order valence-electron chi connectivity index (χ2n) is 10.4. The SMILES string of the molecule is O=Cc1cc(F)ccc1Oc1cncnc1N1CC2(CC(Oc3ccnc4c3CN(CCCCl)CC4)C2)C1. The van der Waals surface area contributed by atoms with Gasteiger partial charge in [-0.05, 0) is 50.1 Å². The first kappa shape index (κ1) is 25.0. The van der Waals surface area contributed by atoms with Gasteiger partial charge in [0.05, 0.1) is 11.8 Å². The van der Waals surface area contributed by atoms with Crippen molar-refractivity contribution in [2.45, 2.75) is 38.3 Å². The minimum atomic E-state index is -0.494. The molecule has 0 N–H and O–H groups in total. The number of carbonyl (C=O) groups excluding carboxylic acids is 1. The number of hydrogen-bond acceptors (Lipinski definition) is 8. The molecule has 3 aliphatic rings. The van der Waals surface area contributed by atoms with Crippen molar-refractivity contribution < 1.29 is 18.7 Å². The first-order valence-electron chi connectivity index (χ1n) is 12.9. The van der Waals surface area contributed by atoms with E-state index >= 15 is 0 Å². The van der Waals surface area contributed by atoms with Crippen molar-refractivity contribution in [3.63, 3.8) is 0 Å². The van der Waals surface area contributed by atoms with Crippen LogP contribution in [0.4, 0.5) is 10.2 Å². The first-order chi connectivity index (χ1) is 18.6. The minimum Gasteiger partial charge on any atom is -0.490 e. The van der Waals surface area contributed by atoms with Crippen LogP contribution in [0, 0.1) is 11.2 Å². The van der Waals surface area contributed by atoms with E-state index in [0.29, 0.717) is 23.7 Å². The van der Waals surface area contributed by atoms with E-state index in [4.69, 9.17) is 21.1 Å². The van der Waals surface area contributed by atoms with E-state index in [9.17, 15) is 9.18 Å². The summed E-state index contributed by atoms with van der Waals surface area (Å²) in [5, 5.41) is 0. The molecular weight excluding hydrogens is 509 g/mol. The zero-order valence-electron chi connectivity index (χ0n) is 21.0. The zero-order valence-corrected chi connectivity index (χ0v) is 21.7. The maximum absolute atomic E-state index is 13.5. The molecule has 8 nitrogen and oxygen atoms in total. The molecule has 1 saturated heterocycles. The van der Waals surface area contributed by atoms with Crippen molar-refractivity contribution >= 4 is 23.7 Å². The molecule has 6 rings (SSSR count). The van der Waals surface area contributed by atoms with Crippen LogP contribution in [0.1, 0.15) is 40.9 Å². The van der Waals surface area contributed by atoms with Crippen LogP contribution in [0.25, 0.3) is 0 Å². The van der Waals surface area contributed by atoms with Crippen molar-refractivity contribution in [2.24, 2.45) is 5.41 Å². The third kappa shape index (κ3) is 4.92. The molecule has 0 atom stereocenters. The first-order valence-corrected chi connectivity index (χ1v) is 13.5. The Morgan fingerprint density at radius 2 is 2.03 bits per heavy atom. The molecule has 2 fully saturated rings. The van der Waals surface area contributed by atoms with Gasteiger partial charge < -0.3 is 14.4 Å². The Morgan fingerprint density at radius 1 is 1.16 bits per heavy atom. The van der Waals surface area contributed by atoms with Crippen LogP contribution in [0.2, 0.25) is 0 Å². The molecule has 0 amide bonds. The van der Waals surface area contributed by atoms with Gasteiger partial charge in [-0.3, -0.25) is 14.7 Å². The monoisotopic (exact) mass is 537 g/mol. The summed E-state index contributed by atoms with van der Waals surface area (Å²) in [5.74, 6) is 2.51. The number of anilines is 1. The topological polar surface area (TPSA) is 80.7 Å². The number of rotatable bonds is 9. The van der Waals surface area contributed by atoms with Gasteiger partial charge in [-0.25, -0.2) is 14.4 Å². The molecule has 1 aromatic carbocycles. The molecule has 4 heterocycles. The maximum atomic E-state index is 13.5. The Kier molecular flexibility index (Phi) is 6.88. The Labute approximate surface area is 225 Å². The van der Waals surface area contributed by atoms with Gasteiger partial charge in [0.2, 0.25) is 0 Å². The van der Waals surface area contributed by atoms with Crippen LogP contribution < -0.4 is 14.4 Å². The Hall–Kier alpha value is -3.30. The molecule has 198 valence electrons. The van der Waals surface area contributed by atoms with Gasteiger partial charge in [-0.2, -0.15) is 0 Å². The lowest BCUT2D eigenvalue weighted by Crippen LogP contribution is -2.65. The second-order valence-corrected chi connectivity index (χ2v) is 10.8. The van der Waals surface area contributed by atoms with E-state index in [1.165, 1.54) is 24.0 Å². The fourth-order valence-electron chi connectivity index (χ4n) is 5.83. The summed E-state index contributed by atoms with van der Waals surface area (Å²) in [6.45, 7) is 4.54. The number of ether oxygens (including phenoxy) is 2. The van der Waals surface area contributed by atoms with Gasteiger partial charge in [-0.15, -0.1) is 11.6 Å². The number of fused-ring (bicyclic) bond motifs is 1. The van der Waals surface area contributed by atoms with Crippen LogP contribution in [0.3, 0.4) is 0 Å². The van der Waals surface area contributed by atoms with Crippen molar-refractivity contribution in [1.29, 1.82) is 0 Å². The van der Waals surface area contributed by atoms with E-state index in [2.05, 4.69) is 24.8 Å². The molecule has 0 radical (unpaired) electrons. The lowest BCUT2D eigenvalue weighted by molar-refractivity contribution is -0.0352. The standard InChI is InChI=1S/C28H29ClFN5O3/c29-6-1-8-34-9-5-23-22(14-34)25(4-7-32-23)37-21-11-28(12-21)16-35(17-28)27-26(13-31-18-33-27)38-24-3-2-20(30)10-19(24)15-36/h2-4,7,10,13,15,18,21H,1,5-6,8-9,11-12,14,16-17H2. The Balaban J connectivity index is 1.07. The summed E-state index contributed by atoms with van der Waals surface area (Å²) in [4.78, 5) is 29.1. The summed E-state index contributed by atoms with van der Waals surface area (Å²) in [7, 11) is 0. The quantitative estimate of drug-likeness (QED) is 0.288. The van der Waals surface area contributed by atoms with E-state index in [-0.39, 0.29) is 22.8 Å². The maximum Gasteiger partial charge on any atom is 0.188 e. The highest BCUT2D eigenvalue weighted by atomic mass is 35.5. The molecule has 1 saturated carbocycles. The number of aromatic nitrogens is 3. The van der Waals surface area contributed by atoms with Gasteiger partial charge in [0, 0.05) is 61.3 Å². The van der Waals surface area contributed by atoms with E-state index < -0.39 is 5.82 Å². The smallest absolute Gasteiger partial charge is 0.188 e. The second kappa shape index (κ2) is 10.5. The fourth-order valence-corrected chi connectivity index (χ4v) is 5.95. The Bertz CT molecular complexity index is 1330. The highest BCUT2D eigenvalue weighted by Gasteiger charge is 2.54. The summed E-state index contributed by atoms with van der Waals surface area (Å²) in [5.41, 5.74) is 2.68. The number of nitrogens with zero attached hydrogens (tertiary/aromatic N) is 5. The molecule has 1 spiro atoms. The van der Waals surface area contributed by atoms with Gasteiger partial charge in [0.1, 0.15) is 29.7 Å². The molecule has 2 aromatic heterocycles. The third-order valence-electron chi connectivity index (χ3n) is 7.70. The normalized spacial score (nSPS) is 18.4. The number of aldehydes is 1. The van der Waals surface area contributed by atoms with Crippen LogP contribution in [0.15, 0.2) is 43.0 Å². The summed E-state index contributed by atoms with van der Waals surface area (Å²) < 4.78 is 26.0. The summed E-state index contributed by atoms with van der Waals surface area (Å²) >= 11 is 5.90. The van der Waals surface area contributed by atoms with Gasteiger partial charge in [-0.1, -0.05) is 0 Å². The largest absolute Gasteiger partial charge is 0.490 e. The predicted octanol–water partition coefficient (Wildman–Crippen LogP) is 4.65. The Morgan fingerprint density at radius 3 is 2.84 bits per heavy atom. The molecule has 38 heavy (non-hydrogen) atoms. The minimum absolute atomic E-state index is 0.138. The molecule has 10 heteroatoms. The lowest BCUT2D eigenvalue weighted by Gasteiger charge is -2.59. The molecule has 0 unspecified atom stereocenters. The average molecular weight is 538 g/mol. The fraction of sp³-hybridized carbons (Fsp3) is 0.429. The van der Waals surface area contributed by atoms with Gasteiger partial charge in [0.15, 0.2) is 17.9 Å². The molecule has 2 aliphatic heterocycles. The van der Waals surface area contributed by atoms with E-state index in [1.54, 1.807) is 6.20 Å². The van der Waals surface area contributed by atoms with Crippen molar-refractivity contribution in [1.82, 2.24) is 19.9 Å². The van der Waals surface area contributed by atoms with Crippen LogP contribution >= 0.6 is 11.6 Å². The highest BCUT2D eigenvalue weighted by Crippen LogP contribution is 2.52. The van der Waals surface area contributed by atoms with E-state index in [1.807, 2.05) is 12.3 Å². The van der Waals surface area contributed by atoms with E-state index in [0.717, 1.165) is 75.9 Å². The average Bonchev–Trinajstić information content (AvgIpc) is 2.89. The highest BCUT2D eigenvalue weighted by molar-refractivity contribution is 6.17. The van der Waals surface area contributed by atoms with Crippen molar-refractivity contribution in [2.75, 3.05) is 37.0 Å². The summed E-state index contributed by atoms with van der Waals surface area (Å²) in [6, 6.07) is 5.85. The molecule has 1 aliphatic carbocycles. The molecule has 3 aromatic rings. The van der Waals surface area contributed by atoms with Crippen LogP contribution in [-0.4, -0.2) is 64.3 Å². The van der Waals surface area contributed by atoms with Gasteiger partial charge in [0.25, 0.3) is 0 Å². The van der Waals surface area contributed by atoms with Gasteiger partial charge >= 0.3 is 0 Å². The lowest BCUT2D eigenvalue weighted by atomic mass is 9.61. The predicted molar refractivity (Wildman–Crippen MR) is 141 cm³/mol. The number of carbonyl (C=O) groups is 1. The number of hydrogen-bond donors (Lipinski definition) is 0. The zero-order chi connectivity index (χ0) is 26.1. The number of pyridine rings is 1. The number of halogens is 2. The third-order valence-corrected chi connectivity index (χ3v) is 7.97. The van der Waals surface area contributed by atoms with Crippen LogP contribution in [0.5, 0.6) is 17.2 Å². The molecule has 0 bridgehead atoms. The van der Waals surface area contributed by atoms with Crippen LogP contribution in [-0.2, 0) is 13.0 Å². The molecular formula is C28H29ClFN5O3. The number of benzene rings is 1. The van der Waals surface area contributed by atoms with Crippen molar-refractivity contribution in [3.05, 3.63) is 65.6 Å². The number of alkyl halides is 1.